The fourth-order valence-corrected chi connectivity index (χ4v) is 0.936. The first-order valence-corrected chi connectivity index (χ1v) is 3.10. The standard InChI is InChI=1S/C5H5N5O2.Na.H/c6-5-8-3-2(4(11)9-5)10(12)1-7-3;;/h1,12H,(H3,6,8,9,11);;/q;+1;-1. The van der Waals surface area contributed by atoms with Crippen molar-refractivity contribution in [2.24, 2.45) is 0 Å². The van der Waals surface area contributed by atoms with Crippen molar-refractivity contribution in [3.05, 3.63) is 16.7 Å². The van der Waals surface area contributed by atoms with Gasteiger partial charge in [-0.2, -0.15) is 9.71 Å². The van der Waals surface area contributed by atoms with Crippen LogP contribution in [-0.2, 0) is 0 Å². The maximum absolute atomic E-state index is 11.1. The molecule has 0 amide bonds. The van der Waals surface area contributed by atoms with Gasteiger partial charge in [-0.15, -0.1) is 0 Å². The van der Waals surface area contributed by atoms with Crippen molar-refractivity contribution in [3.8, 4) is 0 Å². The third-order valence-electron chi connectivity index (χ3n) is 1.41. The van der Waals surface area contributed by atoms with Gasteiger partial charge >= 0.3 is 29.6 Å². The van der Waals surface area contributed by atoms with Gasteiger partial charge in [-0.1, -0.05) is 0 Å². The predicted molar refractivity (Wildman–Crippen MR) is 40.9 cm³/mol. The molecule has 4 N–H and O–H groups in total. The Balaban J connectivity index is 0.000000845. The van der Waals surface area contributed by atoms with Crippen LogP contribution in [0.4, 0.5) is 5.95 Å². The van der Waals surface area contributed by atoms with Gasteiger partial charge < -0.3 is 12.4 Å². The Morgan fingerprint density at radius 1 is 1.69 bits per heavy atom. The van der Waals surface area contributed by atoms with Crippen molar-refractivity contribution in [2.75, 3.05) is 5.73 Å². The Hall–Kier alpha value is -1.05. The number of aromatic amines is 1. The van der Waals surface area contributed by atoms with Crippen LogP contribution in [0.15, 0.2) is 11.1 Å². The summed E-state index contributed by atoms with van der Waals surface area (Å²) in [6.45, 7) is 0. The van der Waals surface area contributed by atoms with Gasteiger partial charge in [0.05, 0.1) is 0 Å². The first kappa shape index (κ1) is 10.0. The molecule has 0 aliphatic carbocycles. The van der Waals surface area contributed by atoms with Crippen molar-refractivity contribution < 1.29 is 36.2 Å². The zero-order chi connectivity index (χ0) is 8.72. The second kappa shape index (κ2) is 3.36. The van der Waals surface area contributed by atoms with Crippen molar-refractivity contribution >= 4 is 17.1 Å². The largest absolute Gasteiger partial charge is 1.00 e. The number of nitrogens with zero attached hydrogens (tertiary/aromatic N) is 3. The maximum atomic E-state index is 11.1. The Labute approximate surface area is 95.3 Å². The van der Waals surface area contributed by atoms with Gasteiger partial charge in [0.1, 0.15) is 6.33 Å². The van der Waals surface area contributed by atoms with E-state index in [0.29, 0.717) is 4.73 Å². The number of anilines is 1. The van der Waals surface area contributed by atoms with E-state index in [9.17, 15) is 4.79 Å². The zero-order valence-electron chi connectivity index (χ0n) is 7.85. The van der Waals surface area contributed by atoms with Crippen LogP contribution in [0, 0.1) is 0 Å². The van der Waals surface area contributed by atoms with E-state index in [1.165, 1.54) is 0 Å². The molecular formula is C5H6N5NaO2. The molecule has 0 atom stereocenters. The predicted octanol–water partition coefficient (Wildman–Crippen LogP) is -3.94. The second-order valence-electron chi connectivity index (χ2n) is 2.21. The number of aromatic nitrogens is 4. The maximum Gasteiger partial charge on any atom is 1.00 e. The molecule has 0 saturated carbocycles. The molecule has 0 aromatic carbocycles. The van der Waals surface area contributed by atoms with Crippen LogP contribution in [0.2, 0.25) is 0 Å². The number of imidazole rings is 1. The van der Waals surface area contributed by atoms with Crippen LogP contribution in [0.1, 0.15) is 1.43 Å². The molecule has 0 fully saturated rings. The average Bonchev–Trinajstić information content (AvgIpc) is 2.31. The molecular weight excluding hydrogens is 185 g/mol. The molecule has 0 unspecified atom stereocenters. The summed E-state index contributed by atoms with van der Waals surface area (Å²) < 4.78 is 0.598. The molecule has 7 nitrogen and oxygen atoms in total. The summed E-state index contributed by atoms with van der Waals surface area (Å²) >= 11 is 0. The molecule has 2 aromatic rings. The fraction of sp³-hybridized carbons (Fsp3) is 0. The molecule has 2 aromatic heterocycles. The van der Waals surface area contributed by atoms with Crippen molar-refractivity contribution in [1.82, 2.24) is 19.7 Å². The zero-order valence-corrected chi connectivity index (χ0v) is 8.85. The summed E-state index contributed by atoms with van der Waals surface area (Å²) in [5, 5.41) is 9.04. The SMILES string of the molecule is Nc1nc2ncn(O)c2c(=O)[nH]1.[H-].[Na+]. The Morgan fingerprint density at radius 3 is 3.08 bits per heavy atom. The van der Waals surface area contributed by atoms with Gasteiger partial charge in [0.15, 0.2) is 11.2 Å². The third kappa shape index (κ3) is 1.53. The van der Waals surface area contributed by atoms with E-state index >= 15 is 0 Å². The minimum atomic E-state index is -0.516. The van der Waals surface area contributed by atoms with Crippen molar-refractivity contribution in [1.29, 1.82) is 0 Å². The Morgan fingerprint density at radius 2 is 2.38 bits per heavy atom. The van der Waals surface area contributed by atoms with Gasteiger partial charge in [0.25, 0.3) is 5.56 Å². The quantitative estimate of drug-likeness (QED) is 0.291. The van der Waals surface area contributed by atoms with Gasteiger partial charge in [-0.05, 0) is 0 Å². The molecule has 0 spiro atoms. The normalized spacial score (nSPS) is 9.85. The van der Waals surface area contributed by atoms with E-state index in [1.54, 1.807) is 0 Å². The number of rotatable bonds is 0. The second-order valence-corrected chi connectivity index (χ2v) is 2.21. The molecule has 2 heterocycles. The molecule has 0 aliphatic rings. The van der Waals surface area contributed by atoms with Crippen LogP contribution >= 0.6 is 0 Å². The van der Waals surface area contributed by atoms with Crippen molar-refractivity contribution in [3.63, 3.8) is 0 Å². The number of nitrogens with two attached hydrogens (primary N) is 1. The summed E-state index contributed by atoms with van der Waals surface area (Å²) in [4.78, 5) is 20.6. The van der Waals surface area contributed by atoms with E-state index in [-0.39, 0.29) is 48.1 Å². The first-order chi connectivity index (χ1) is 5.68. The minimum Gasteiger partial charge on any atom is -1.00 e. The first-order valence-electron chi connectivity index (χ1n) is 3.10. The average molecular weight is 191 g/mol. The summed E-state index contributed by atoms with van der Waals surface area (Å²) in [6, 6.07) is 0. The van der Waals surface area contributed by atoms with Gasteiger partial charge in [0, 0.05) is 0 Å². The topological polar surface area (TPSA) is 110 Å². The van der Waals surface area contributed by atoms with E-state index in [0.717, 1.165) is 6.33 Å². The van der Waals surface area contributed by atoms with Crippen LogP contribution < -0.4 is 40.9 Å². The van der Waals surface area contributed by atoms with Crippen LogP contribution in [-0.4, -0.2) is 24.9 Å². The number of H-pyrrole nitrogens is 1. The van der Waals surface area contributed by atoms with Crippen LogP contribution in [0.5, 0.6) is 0 Å². The Bertz CT molecular complexity index is 494. The summed E-state index contributed by atoms with van der Waals surface area (Å²) in [5.74, 6) is -0.0220. The third-order valence-corrected chi connectivity index (χ3v) is 1.41. The fourth-order valence-electron chi connectivity index (χ4n) is 0.936. The molecule has 0 bridgehead atoms. The monoisotopic (exact) mass is 191 g/mol. The van der Waals surface area contributed by atoms with E-state index in [1.807, 2.05) is 0 Å². The number of nitrogens with one attached hydrogen (secondary N) is 1. The number of hydrogen-bond acceptors (Lipinski definition) is 5. The number of nitrogen functional groups attached to an aromatic ring is 1. The van der Waals surface area contributed by atoms with Gasteiger partial charge in [0.2, 0.25) is 5.95 Å². The number of fused-ring (bicyclic) bond motifs is 1. The molecule has 64 valence electrons. The minimum absolute atomic E-state index is 0. The smallest absolute Gasteiger partial charge is 1.00 e. The summed E-state index contributed by atoms with van der Waals surface area (Å²) in [6.07, 6.45) is 1.08. The molecule has 0 radical (unpaired) electrons. The van der Waals surface area contributed by atoms with Crippen molar-refractivity contribution in [2.45, 2.75) is 0 Å². The van der Waals surface area contributed by atoms with Gasteiger partial charge in [-0.25, -0.2) is 4.98 Å². The molecule has 8 heteroatoms. The van der Waals surface area contributed by atoms with E-state index in [4.69, 9.17) is 10.9 Å². The molecule has 13 heavy (non-hydrogen) atoms. The molecule has 2 rings (SSSR count). The molecule has 0 aliphatic heterocycles. The Kier molecular flexibility index (Phi) is 2.60. The summed E-state index contributed by atoms with van der Waals surface area (Å²) in [7, 11) is 0. The summed E-state index contributed by atoms with van der Waals surface area (Å²) in [5.41, 5.74) is 4.83. The van der Waals surface area contributed by atoms with E-state index < -0.39 is 5.56 Å². The van der Waals surface area contributed by atoms with Crippen LogP contribution in [0.25, 0.3) is 11.2 Å². The number of hydrogen-bond donors (Lipinski definition) is 3. The van der Waals surface area contributed by atoms with Crippen LogP contribution in [0.3, 0.4) is 0 Å². The van der Waals surface area contributed by atoms with E-state index in [2.05, 4.69) is 15.0 Å². The van der Waals surface area contributed by atoms with Gasteiger partial charge in [-0.3, -0.25) is 9.78 Å². The molecule has 0 saturated heterocycles.